The first-order chi connectivity index (χ1) is 14.7. The lowest BCUT2D eigenvalue weighted by atomic mass is 10.0. The zero-order valence-electron chi connectivity index (χ0n) is 16.0. The van der Waals surface area contributed by atoms with Gasteiger partial charge in [-0.25, -0.2) is 9.78 Å². The number of carbonyl (C=O) groups excluding carboxylic acids is 2. The average molecular weight is 403 g/mol. The van der Waals surface area contributed by atoms with Gasteiger partial charge >= 0.3 is 6.09 Å². The first-order valence-corrected chi connectivity index (χ1v) is 9.39. The third-order valence-corrected chi connectivity index (χ3v) is 5.04. The van der Waals surface area contributed by atoms with Crippen LogP contribution in [0.5, 0.6) is 11.8 Å². The molecule has 0 radical (unpaired) electrons. The van der Waals surface area contributed by atoms with Crippen LogP contribution in [0.3, 0.4) is 0 Å². The van der Waals surface area contributed by atoms with Crippen LogP contribution in [0.15, 0.2) is 59.2 Å². The summed E-state index contributed by atoms with van der Waals surface area (Å²) in [6, 6.07) is 14.2. The Balaban J connectivity index is 1.50. The molecule has 150 valence electrons. The summed E-state index contributed by atoms with van der Waals surface area (Å²) >= 11 is 0. The molecule has 0 fully saturated rings. The summed E-state index contributed by atoms with van der Waals surface area (Å²) in [5.74, 6) is 0.488. The van der Waals surface area contributed by atoms with Crippen LogP contribution in [0.4, 0.5) is 4.79 Å². The molecule has 1 amide bonds. The molecular formula is C22H17N3O5. The third-order valence-electron chi connectivity index (χ3n) is 5.04. The van der Waals surface area contributed by atoms with E-state index >= 15 is 0 Å². The maximum absolute atomic E-state index is 13.0. The number of pyridine rings is 1. The topological polar surface area (TPSA) is 95.6 Å². The maximum atomic E-state index is 13.0. The van der Waals surface area contributed by atoms with Gasteiger partial charge in [-0.3, -0.25) is 9.36 Å². The van der Waals surface area contributed by atoms with E-state index in [1.165, 1.54) is 6.26 Å². The van der Waals surface area contributed by atoms with Crippen molar-refractivity contribution < 1.29 is 23.5 Å². The number of rotatable bonds is 5. The smallest absolute Gasteiger partial charge is 0.415 e. The van der Waals surface area contributed by atoms with Gasteiger partial charge in [-0.1, -0.05) is 18.2 Å². The van der Waals surface area contributed by atoms with Gasteiger partial charge in [-0.15, -0.1) is 0 Å². The lowest BCUT2D eigenvalue weighted by molar-refractivity contribution is 0.0973. The Kier molecular flexibility index (Phi) is 4.24. The van der Waals surface area contributed by atoms with E-state index in [4.69, 9.17) is 13.9 Å². The molecule has 1 aliphatic heterocycles. The highest BCUT2D eigenvalue weighted by molar-refractivity contribution is 6.15. The molecule has 0 saturated carbocycles. The van der Waals surface area contributed by atoms with E-state index in [1.54, 1.807) is 29.9 Å². The Bertz CT molecular complexity index is 1270. The minimum absolute atomic E-state index is 0.0889. The first kappa shape index (κ1) is 18.0. The Labute approximate surface area is 171 Å². The predicted octanol–water partition coefficient (Wildman–Crippen LogP) is 3.64. The van der Waals surface area contributed by atoms with Gasteiger partial charge in [0, 0.05) is 35.4 Å². The molecule has 1 aromatic carbocycles. The van der Waals surface area contributed by atoms with Crippen molar-refractivity contribution in [3.63, 3.8) is 0 Å². The molecule has 0 bridgehead atoms. The molecule has 1 N–H and O–H groups in total. The fourth-order valence-electron chi connectivity index (χ4n) is 3.78. The summed E-state index contributed by atoms with van der Waals surface area (Å²) in [5, 5.41) is 2.70. The summed E-state index contributed by atoms with van der Waals surface area (Å²) in [6.07, 6.45) is 1.26. The third kappa shape index (κ3) is 2.81. The molecule has 0 aliphatic carbocycles. The van der Waals surface area contributed by atoms with Gasteiger partial charge in [0.2, 0.25) is 5.88 Å². The van der Waals surface area contributed by atoms with Gasteiger partial charge in [0.25, 0.3) is 11.9 Å². The molecule has 0 unspecified atom stereocenters. The van der Waals surface area contributed by atoms with Crippen LogP contribution in [0.2, 0.25) is 0 Å². The van der Waals surface area contributed by atoms with Crippen molar-refractivity contribution in [3.05, 3.63) is 65.9 Å². The number of methoxy groups -OCH3 is 1. The summed E-state index contributed by atoms with van der Waals surface area (Å²) < 4.78 is 17.0. The zero-order valence-corrected chi connectivity index (χ0v) is 16.0. The molecule has 1 aliphatic rings. The van der Waals surface area contributed by atoms with Crippen LogP contribution in [-0.2, 0) is 6.42 Å². The quantitative estimate of drug-likeness (QED) is 0.481. The van der Waals surface area contributed by atoms with Crippen LogP contribution >= 0.6 is 0 Å². The Morgan fingerprint density at radius 2 is 1.97 bits per heavy atom. The lowest BCUT2D eigenvalue weighted by Gasteiger charge is -2.07. The highest BCUT2D eigenvalue weighted by Crippen LogP contribution is 2.41. The van der Waals surface area contributed by atoms with Crippen molar-refractivity contribution in [2.24, 2.45) is 0 Å². The summed E-state index contributed by atoms with van der Waals surface area (Å²) in [6.45, 7) is 0.293. The molecule has 8 nitrogen and oxygen atoms in total. The number of hydrogen-bond donors (Lipinski definition) is 1. The number of furan rings is 1. The molecule has 3 aromatic heterocycles. The van der Waals surface area contributed by atoms with Crippen molar-refractivity contribution in [1.82, 2.24) is 14.9 Å². The van der Waals surface area contributed by atoms with Gasteiger partial charge in [0.1, 0.15) is 0 Å². The number of carbonyl (C=O) groups is 2. The molecule has 0 atom stereocenters. The number of nitrogens with zero attached hydrogens (tertiary/aromatic N) is 2. The monoisotopic (exact) mass is 403 g/mol. The molecule has 0 saturated heterocycles. The number of benzene rings is 1. The van der Waals surface area contributed by atoms with E-state index in [-0.39, 0.29) is 11.9 Å². The van der Waals surface area contributed by atoms with Gasteiger partial charge in [-0.05, 0) is 24.6 Å². The van der Waals surface area contributed by atoms with E-state index in [1.807, 2.05) is 30.3 Å². The summed E-state index contributed by atoms with van der Waals surface area (Å²) in [5.41, 5.74) is 4.55. The fraction of sp³-hybridized carbons (Fsp3) is 0.136. The van der Waals surface area contributed by atoms with E-state index < -0.39 is 6.09 Å². The predicted molar refractivity (Wildman–Crippen MR) is 108 cm³/mol. The number of hydrogen-bond acceptors (Lipinski definition) is 6. The molecule has 4 heterocycles. The molecule has 5 rings (SSSR count). The van der Waals surface area contributed by atoms with Crippen LogP contribution in [0, 0.1) is 0 Å². The zero-order chi connectivity index (χ0) is 20.7. The molecule has 8 heteroatoms. The summed E-state index contributed by atoms with van der Waals surface area (Å²) in [7, 11) is 1.55. The second kappa shape index (κ2) is 7.07. The standard InChI is InChI=1S/C22H17N3O5/c1-28-17-9-8-16-19(24-17)15(10-11-23-22(27)30-18-7-4-12-29-18)20-13-5-2-3-6-14(13)21(26)25(16)20/h2-9,12H,10-11H2,1H3,(H,23,27). The van der Waals surface area contributed by atoms with Gasteiger partial charge < -0.3 is 19.2 Å². The van der Waals surface area contributed by atoms with Crippen LogP contribution in [-0.4, -0.2) is 35.2 Å². The molecule has 0 spiro atoms. The summed E-state index contributed by atoms with van der Waals surface area (Å²) in [4.78, 5) is 29.6. The normalized spacial score (nSPS) is 12.0. The molecular weight excluding hydrogens is 386 g/mol. The Hall–Kier alpha value is -4.07. The number of nitrogens with one attached hydrogen (secondary N) is 1. The Morgan fingerprint density at radius 1 is 1.13 bits per heavy atom. The fourth-order valence-corrected chi connectivity index (χ4v) is 3.78. The van der Waals surface area contributed by atoms with Crippen molar-refractivity contribution in [2.45, 2.75) is 6.42 Å². The second-order valence-electron chi connectivity index (χ2n) is 6.73. The lowest BCUT2D eigenvalue weighted by Crippen LogP contribution is -2.28. The maximum Gasteiger partial charge on any atom is 0.415 e. The minimum Gasteiger partial charge on any atom is -0.481 e. The van der Waals surface area contributed by atoms with Crippen molar-refractivity contribution in [1.29, 1.82) is 0 Å². The van der Waals surface area contributed by atoms with Crippen molar-refractivity contribution in [2.75, 3.05) is 13.7 Å². The van der Waals surface area contributed by atoms with E-state index in [9.17, 15) is 9.59 Å². The highest BCUT2D eigenvalue weighted by atomic mass is 16.6. The van der Waals surface area contributed by atoms with Crippen LogP contribution in [0.25, 0.3) is 22.3 Å². The highest BCUT2D eigenvalue weighted by Gasteiger charge is 2.32. The second-order valence-corrected chi connectivity index (χ2v) is 6.73. The number of fused-ring (bicyclic) bond motifs is 5. The number of ether oxygens (including phenoxy) is 2. The van der Waals surface area contributed by atoms with Gasteiger partial charge in [-0.2, -0.15) is 0 Å². The van der Waals surface area contributed by atoms with E-state index in [0.717, 1.165) is 16.8 Å². The van der Waals surface area contributed by atoms with E-state index in [2.05, 4.69) is 10.3 Å². The van der Waals surface area contributed by atoms with Gasteiger partial charge in [0.15, 0.2) is 0 Å². The SMILES string of the molecule is COc1ccc2c(n1)c(CCNC(=O)Oc1ccco1)c1n2C(=O)c2ccccc2-1. The van der Waals surface area contributed by atoms with Gasteiger partial charge in [0.05, 0.1) is 30.1 Å². The Morgan fingerprint density at radius 3 is 2.73 bits per heavy atom. The first-order valence-electron chi connectivity index (χ1n) is 9.39. The largest absolute Gasteiger partial charge is 0.481 e. The molecule has 30 heavy (non-hydrogen) atoms. The van der Waals surface area contributed by atoms with Crippen molar-refractivity contribution >= 4 is 23.0 Å². The minimum atomic E-state index is -0.618. The van der Waals surface area contributed by atoms with Crippen LogP contribution < -0.4 is 14.8 Å². The van der Waals surface area contributed by atoms with Crippen molar-refractivity contribution in [3.8, 4) is 23.1 Å². The average Bonchev–Trinajstić information content (AvgIpc) is 3.45. The molecule has 4 aromatic rings. The van der Waals surface area contributed by atoms with E-state index in [0.29, 0.717) is 35.4 Å². The number of amides is 1. The number of aromatic nitrogens is 2. The van der Waals surface area contributed by atoms with Crippen LogP contribution in [0.1, 0.15) is 15.9 Å².